The van der Waals surface area contributed by atoms with E-state index in [9.17, 15) is 35.6 Å². The maximum absolute atomic E-state index is 12.6. The first kappa shape index (κ1) is 26.2. The van der Waals surface area contributed by atoms with Crippen molar-refractivity contribution in [2.45, 2.75) is 25.4 Å². The van der Waals surface area contributed by atoms with Gasteiger partial charge in [0.15, 0.2) is 5.69 Å². The van der Waals surface area contributed by atoms with Gasteiger partial charge in [0.1, 0.15) is 16.4 Å². The SMILES string of the molecule is CS(=O)(=O)CCNC(=O)c1nnn(-c2ccc(C(=O)NCC(F)(F)F)cc2)c1CCCCF. The van der Waals surface area contributed by atoms with Gasteiger partial charge in [-0.1, -0.05) is 5.21 Å². The van der Waals surface area contributed by atoms with Crippen LogP contribution in [0.25, 0.3) is 5.69 Å². The largest absolute Gasteiger partial charge is 0.405 e. The summed E-state index contributed by atoms with van der Waals surface area (Å²) in [5.41, 5.74) is 0.644. The van der Waals surface area contributed by atoms with E-state index in [0.29, 0.717) is 17.8 Å². The second-order valence-electron chi connectivity index (χ2n) is 7.17. The minimum atomic E-state index is -4.54. The topological polar surface area (TPSA) is 123 Å². The van der Waals surface area contributed by atoms with Gasteiger partial charge >= 0.3 is 6.18 Å². The molecular formula is C19H23F4N5O4S. The fourth-order valence-electron chi connectivity index (χ4n) is 2.77. The number of rotatable bonds is 11. The first-order valence-corrected chi connectivity index (χ1v) is 11.9. The van der Waals surface area contributed by atoms with Crippen molar-refractivity contribution in [2.24, 2.45) is 0 Å². The van der Waals surface area contributed by atoms with Crippen LogP contribution in [0.5, 0.6) is 0 Å². The molecule has 14 heteroatoms. The van der Waals surface area contributed by atoms with Crippen LogP contribution in [0.15, 0.2) is 24.3 Å². The van der Waals surface area contributed by atoms with Crippen molar-refractivity contribution in [1.82, 2.24) is 25.6 Å². The molecule has 0 aliphatic carbocycles. The summed E-state index contributed by atoms with van der Waals surface area (Å²) in [7, 11) is -3.28. The van der Waals surface area contributed by atoms with Crippen LogP contribution in [0.2, 0.25) is 0 Å². The molecule has 0 fully saturated rings. The van der Waals surface area contributed by atoms with Crippen molar-refractivity contribution < 1.29 is 35.6 Å². The summed E-state index contributed by atoms with van der Waals surface area (Å²) >= 11 is 0. The van der Waals surface area contributed by atoms with E-state index in [1.807, 2.05) is 0 Å². The summed E-state index contributed by atoms with van der Waals surface area (Å²) in [6.45, 7) is -2.15. The molecule has 2 N–H and O–H groups in total. The minimum absolute atomic E-state index is 0.0131. The normalized spacial score (nSPS) is 11.9. The first-order chi connectivity index (χ1) is 15.4. The van der Waals surface area contributed by atoms with Gasteiger partial charge in [-0.05, 0) is 43.5 Å². The number of carbonyl (C=O) groups is 2. The molecule has 182 valence electrons. The first-order valence-electron chi connectivity index (χ1n) is 9.83. The van der Waals surface area contributed by atoms with E-state index in [2.05, 4.69) is 15.6 Å². The van der Waals surface area contributed by atoms with E-state index in [0.717, 1.165) is 6.26 Å². The lowest BCUT2D eigenvalue weighted by atomic mass is 10.1. The Balaban J connectivity index is 2.22. The molecule has 0 radical (unpaired) electrons. The number of aromatic nitrogens is 3. The average molecular weight is 493 g/mol. The van der Waals surface area contributed by atoms with E-state index in [-0.39, 0.29) is 36.4 Å². The molecule has 33 heavy (non-hydrogen) atoms. The maximum Gasteiger partial charge on any atom is 0.405 e. The van der Waals surface area contributed by atoms with Gasteiger partial charge in [-0.2, -0.15) is 13.2 Å². The molecule has 0 unspecified atom stereocenters. The molecule has 0 atom stereocenters. The summed E-state index contributed by atoms with van der Waals surface area (Å²) in [4.78, 5) is 24.4. The molecule has 0 saturated carbocycles. The van der Waals surface area contributed by atoms with Gasteiger partial charge in [-0.25, -0.2) is 13.1 Å². The highest BCUT2D eigenvalue weighted by molar-refractivity contribution is 7.90. The summed E-state index contributed by atoms with van der Waals surface area (Å²) in [5.74, 6) is -1.82. The van der Waals surface area contributed by atoms with Gasteiger partial charge in [-0.15, -0.1) is 5.10 Å². The van der Waals surface area contributed by atoms with Gasteiger partial charge in [-0.3, -0.25) is 14.0 Å². The number of hydrogen-bond donors (Lipinski definition) is 2. The zero-order chi connectivity index (χ0) is 24.6. The van der Waals surface area contributed by atoms with Crippen LogP contribution in [0.1, 0.15) is 39.4 Å². The third-order valence-electron chi connectivity index (χ3n) is 4.36. The van der Waals surface area contributed by atoms with Crippen molar-refractivity contribution in [1.29, 1.82) is 0 Å². The lowest BCUT2D eigenvalue weighted by Gasteiger charge is -2.10. The predicted octanol–water partition coefficient (Wildman–Crippen LogP) is 1.63. The zero-order valence-corrected chi connectivity index (χ0v) is 18.5. The standard InChI is InChI=1S/C19H23F4N5O4S/c1-33(31,32)11-10-24-18(30)16-15(4-2-3-9-20)28(27-26-16)14-7-5-13(6-8-14)17(29)25-12-19(21,22)23/h5-8H,2-4,9-12H2,1H3,(H,24,30)(H,25,29). The summed E-state index contributed by atoms with van der Waals surface area (Å²) < 4.78 is 73.2. The number of benzene rings is 1. The van der Waals surface area contributed by atoms with E-state index < -0.39 is 41.0 Å². The van der Waals surface area contributed by atoms with Gasteiger partial charge in [0.2, 0.25) is 0 Å². The number of unbranched alkanes of at least 4 members (excludes halogenated alkanes) is 1. The van der Waals surface area contributed by atoms with Crippen LogP contribution in [-0.4, -0.2) is 73.2 Å². The lowest BCUT2D eigenvalue weighted by molar-refractivity contribution is -0.123. The Morgan fingerprint density at radius 2 is 1.73 bits per heavy atom. The molecule has 9 nitrogen and oxygen atoms in total. The number of amides is 2. The quantitative estimate of drug-likeness (QED) is 0.362. The molecule has 0 aliphatic heterocycles. The smallest absolute Gasteiger partial charge is 0.350 e. The van der Waals surface area contributed by atoms with Crippen molar-refractivity contribution in [3.8, 4) is 5.69 Å². The Morgan fingerprint density at radius 3 is 2.30 bits per heavy atom. The molecule has 0 spiro atoms. The number of alkyl halides is 4. The van der Waals surface area contributed by atoms with Crippen LogP contribution < -0.4 is 10.6 Å². The molecule has 2 rings (SSSR count). The van der Waals surface area contributed by atoms with Crippen molar-refractivity contribution in [3.63, 3.8) is 0 Å². The Kier molecular flexibility index (Phi) is 8.91. The third kappa shape index (κ3) is 8.44. The number of halogens is 4. The van der Waals surface area contributed by atoms with Crippen molar-refractivity contribution in [2.75, 3.05) is 31.8 Å². The third-order valence-corrected chi connectivity index (χ3v) is 5.30. The van der Waals surface area contributed by atoms with Gasteiger partial charge in [0.05, 0.1) is 23.8 Å². The minimum Gasteiger partial charge on any atom is -0.350 e. The monoisotopic (exact) mass is 493 g/mol. The highest BCUT2D eigenvalue weighted by Crippen LogP contribution is 2.17. The van der Waals surface area contributed by atoms with Crippen LogP contribution in [0.3, 0.4) is 0 Å². The molecular weight excluding hydrogens is 470 g/mol. The zero-order valence-electron chi connectivity index (χ0n) is 17.7. The molecule has 2 aromatic rings. The molecule has 2 amide bonds. The van der Waals surface area contributed by atoms with Crippen LogP contribution in [0, 0.1) is 0 Å². The number of nitrogens with zero attached hydrogens (tertiary/aromatic N) is 3. The predicted molar refractivity (Wildman–Crippen MR) is 111 cm³/mol. The number of nitrogens with one attached hydrogen (secondary N) is 2. The summed E-state index contributed by atoms with van der Waals surface area (Å²) in [5, 5.41) is 12.0. The Bertz CT molecular complexity index is 1070. The highest BCUT2D eigenvalue weighted by Gasteiger charge is 2.28. The maximum atomic E-state index is 12.6. The molecule has 1 aromatic heterocycles. The second kappa shape index (κ2) is 11.2. The Hall–Kier alpha value is -3.03. The highest BCUT2D eigenvalue weighted by atomic mass is 32.2. The number of carbonyl (C=O) groups excluding carboxylic acids is 2. The summed E-state index contributed by atoms with van der Waals surface area (Å²) in [6, 6.07) is 5.42. The molecule has 0 saturated heterocycles. The second-order valence-corrected chi connectivity index (χ2v) is 9.43. The van der Waals surface area contributed by atoms with E-state index in [1.54, 1.807) is 5.32 Å². The lowest BCUT2D eigenvalue weighted by Crippen LogP contribution is -2.33. The van der Waals surface area contributed by atoms with Gasteiger partial charge in [0.25, 0.3) is 11.8 Å². The van der Waals surface area contributed by atoms with Crippen LogP contribution >= 0.6 is 0 Å². The molecule has 0 aliphatic rings. The average Bonchev–Trinajstić information content (AvgIpc) is 3.15. The van der Waals surface area contributed by atoms with Crippen LogP contribution in [-0.2, 0) is 16.3 Å². The summed E-state index contributed by atoms with van der Waals surface area (Å²) in [6.07, 6.45) is -2.66. The number of sulfone groups is 1. The Labute approximate surface area is 187 Å². The molecule has 0 bridgehead atoms. The van der Waals surface area contributed by atoms with E-state index in [1.165, 1.54) is 28.9 Å². The van der Waals surface area contributed by atoms with Gasteiger partial charge in [0, 0.05) is 18.4 Å². The van der Waals surface area contributed by atoms with E-state index >= 15 is 0 Å². The van der Waals surface area contributed by atoms with Gasteiger partial charge < -0.3 is 10.6 Å². The number of hydrogen-bond acceptors (Lipinski definition) is 6. The van der Waals surface area contributed by atoms with Crippen LogP contribution in [0.4, 0.5) is 17.6 Å². The molecule has 1 heterocycles. The molecule has 1 aromatic carbocycles. The van der Waals surface area contributed by atoms with Crippen molar-refractivity contribution in [3.05, 3.63) is 41.2 Å². The fraction of sp³-hybridized carbons (Fsp3) is 0.474. The Morgan fingerprint density at radius 1 is 1.06 bits per heavy atom. The fourth-order valence-corrected chi connectivity index (χ4v) is 3.24. The van der Waals surface area contributed by atoms with E-state index in [4.69, 9.17) is 0 Å². The van der Waals surface area contributed by atoms with Crippen molar-refractivity contribution >= 4 is 21.7 Å².